The van der Waals surface area contributed by atoms with E-state index < -0.39 is 18.6 Å². The van der Waals surface area contributed by atoms with Crippen molar-refractivity contribution in [1.82, 2.24) is 5.32 Å². The summed E-state index contributed by atoms with van der Waals surface area (Å²) in [5, 5.41) is 19.6. The Morgan fingerprint density at radius 1 is 1.53 bits per heavy atom. The summed E-state index contributed by atoms with van der Waals surface area (Å²) in [5.74, 6) is -1.33. The summed E-state index contributed by atoms with van der Waals surface area (Å²) in [6.07, 6.45) is 6.18. The highest BCUT2D eigenvalue weighted by Crippen LogP contribution is 2.19. The lowest BCUT2D eigenvalue weighted by Gasteiger charge is -2.13. The van der Waals surface area contributed by atoms with Crippen LogP contribution in [0.2, 0.25) is 0 Å². The topological polar surface area (TPSA) is 86.6 Å². The predicted molar refractivity (Wildman–Crippen MR) is 53.1 cm³/mol. The van der Waals surface area contributed by atoms with Crippen LogP contribution < -0.4 is 5.32 Å². The number of carboxylic acid groups (broad SMARTS) is 1. The molecule has 0 bridgehead atoms. The smallest absolute Gasteiger partial charge is 0.328 e. The summed E-state index contributed by atoms with van der Waals surface area (Å²) in [4.78, 5) is 21.9. The van der Waals surface area contributed by atoms with Gasteiger partial charge in [0.05, 0.1) is 6.61 Å². The second-order valence-electron chi connectivity index (χ2n) is 3.61. The molecule has 1 aliphatic rings. The first kappa shape index (κ1) is 11.7. The van der Waals surface area contributed by atoms with Crippen molar-refractivity contribution in [3.63, 3.8) is 0 Å². The van der Waals surface area contributed by atoms with Gasteiger partial charge in [-0.2, -0.15) is 0 Å². The van der Waals surface area contributed by atoms with Crippen LogP contribution in [0, 0.1) is 5.92 Å². The zero-order valence-electron chi connectivity index (χ0n) is 8.35. The lowest BCUT2D eigenvalue weighted by molar-refractivity contribution is -0.143. The van der Waals surface area contributed by atoms with E-state index in [-0.39, 0.29) is 11.8 Å². The normalized spacial score (nSPS) is 21.3. The SMILES string of the molecule is O=C(CC1C=CCC1)N[C@@H](CO)C(=O)O. The maximum Gasteiger partial charge on any atom is 0.328 e. The van der Waals surface area contributed by atoms with Gasteiger partial charge < -0.3 is 15.5 Å². The number of carbonyl (C=O) groups is 2. The summed E-state index contributed by atoms with van der Waals surface area (Å²) in [5.41, 5.74) is 0. The number of hydrogen-bond acceptors (Lipinski definition) is 3. The summed E-state index contributed by atoms with van der Waals surface area (Å²) in [6, 6.07) is -1.19. The van der Waals surface area contributed by atoms with E-state index >= 15 is 0 Å². The van der Waals surface area contributed by atoms with Crippen LogP contribution in [0.5, 0.6) is 0 Å². The molecule has 0 aromatic heterocycles. The van der Waals surface area contributed by atoms with Gasteiger partial charge in [-0.1, -0.05) is 12.2 Å². The Labute approximate surface area is 87.8 Å². The van der Waals surface area contributed by atoms with E-state index in [0.717, 1.165) is 12.8 Å². The maximum absolute atomic E-state index is 11.4. The van der Waals surface area contributed by atoms with Gasteiger partial charge in [-0.25, -0.2) is 4.79 Å². The molecule has 0 aromatic carbocycles. The van der Waals surface area contributed by atoms with Crippen molar-refractivity contribution < 1.29 is 19.8 Å². The number of aliphatic hydroxyl groups excluding tert-OH is 1. The Morgan fingerprint density at radius 3 is 2.73 bits per heavy atom. The van der Waals surface area contributed by atoms with Crippen molar-refractivity contribution in [2.75, 3.05) is 6.61 Å². The van der Waals surface area contributed by atoms with Crippen LogP contribution in [-0.2, 0) is 9.59 Å². The fourth-order valence-corrected chi connectivity index (χ4v) is 1.54. The fraction of sp³-hybridized carbons (Fsp3) is 0.600. The first-order valence-electron chi connectivity index (χ1n) is 4.93. The Morgan fingerprint density at radius 2 is 2.27 bits per heavy atom. The molecule has 0 radical (unpaired) electrons. The lowest BCUT2D eigenvalue weighted by Crippen LogP contribution is -2.43. The number of allylic oxidation sites excluding steroid dienone is 2. The standard InChI is InChI=1S/C10H15NO4/c12-6-8(10(14)15)11-9(13)5-7-3-1-2-4-7/h1,3,7-8,12H,2,4-6H2,(H,11,13)(H,14,15)/t7?,8-/m0/s1. The quantitative estimate of drug-likeness (QED) is 0.557. The molecule has 1 unspecified atom stereocenters. The monoisotopic (exact) mass is 213 g/mol. The molecule has 1 rings (SSSR count). The molecule has 1 aliphatic carbocycles. The van der Waals surface area contributed by atoms with Crippen molar-refractivity contribution in [2.24, 2.45) is 5.92 Å². The molecular formula is C10H15NO4. The molecule has 0 heterocycles. The van der Waals surface area contributed by atoms with Crippen LogP contribution in [0.25, 0.3) is 0 Å². The van der Waals surface area contributed by atoms with Crippen LogP contribution in [-0.4, -0.2) is 34.7 Å². The first-order chi connectivity index (χ1) is 7.13. The number of carbonyl (C=O) groups excluding carboxylic acids is 1. The van der Waals surface area contributed by atoms with Gasteiger partial charge in [0.15, 0.2) is 0 Å². The van der Waals surface area contributed by atoms with E-state index in [1.54, 1.807) is 0 Å². The second kappa shape index (κ2) is 5.50. The van der Waals surface area contributed by atoms with Gasteiger partial charge in [0.1, 0.15) is 6.04 Å². The Balaban J connectivity index is 2.33. The number of rotatable bonds is 5. The summed E-state index contributed by atoms with van der Waals surface area (Å²) >= 11 is 0. The molecule has 0 fully saturated rings. The molecule has 5 heteroatoms. The number of aliphatic carboxylic acids is 1. The number of nitrogens with one attached hydrogen (secondary N) is 1. The van der Waals surface area contributed by atoms with Crippen molar-refractivity contribution in [3.05, 3.63) is 12.2 Å². The highest BCUT2D eigenvalue weighted by atomic mass is 16.4. The van der Waals surface area contributed by atoms with Crippen molar-refractivity contribution in [2.45, 2.75) is 25.3 Å². The van der Waals surface area contributed by atoms with Gasteiger partial charge in [-0.15, -0.1) is 0 Å². The summed E-state index contributed by atoms with van der Waals surface area (Å²) in [7, 11) is 0. The molecule has 0 aromatic rings. The molecule has 0 aliphatic heterocycles. The summed E-state index contributed by atoms with van der Waals surface area (Å²) in [6.45, 7) is -0.582. The molecule has 0 saturated carbocycles. The van der Waals surface area contributed by atoms with E-state index in [2.05, 4.69) is 5.32 Å². The lowest BCUT2D eigenvalue weighted by atomic mass is 10.0. The molecule has 0 saturated heterocycles. The van der Waals surface area contributed by atoms with Gasteiger partial charge in [0, 0.05) is 6.42 Å². The maximum atomic E-state index is 11.4. The Kier molecular flexibility index (Phi) is 4.30. The third kappa shape index (κ3) is 3.71. The molecule has 3 N–H and O–H groups in total. The minimum atomic E-state index is -1.21. The van der Waals surface area contributed by atoms with Gasteiger partial charge in [0.25, 0.3) is 0 Å². The highest BCUT2D eigenvalue weighted by Gasteiger charge is 2.20. The van der Waals surface area contributed by atoms with Crippen molar-refractivity contribution >= 4 is 11.9 Å². The Hall–Kier alpha value is -1.36. The second-order valence-corrected chi connectivity index (χ2v) is 3.61. The molecule has 1 amide bonds. The molecular weight excluding hydrogens is 198 g/mol. The van der Waals surface area contributed by atoms with Gasteiger partial charge in [0.2, 0.25) is 5.91 Å². The van der Waals surface area contributed by atoms with Gasteiger partial charge in [-0.3, -0.25) is 4.79 Å². The fourth-order valence-electron chi connectivity index (χ4n) is 1.54. The van der Waals surface area contributed by atoms with E-state index in [4.69, 9.17) is 10.2 Å². The third-order valence-corrected chi connectivity index (χ3v) is 2.38. The van der Waals surface area contributed by atoms with Gasteiger partial charge >= 0.3 is 5.97 Å². The molecule has 0 spiro atoms. The van der Waals surface area contributed by atoms with Gasteiger partial charge in [-0.05, 0) is 18.8 Å². The number of carboxylic acids is 1. The number of aliphatic hydroxyl groups is 1. The predicted octanol–water partition coefficient (Wildman–Crippen LogP) is -0.0956. The third-order valence-electron chi connectivity index (χ3n) is 2.38. The van der Waals surface area contributed by atoms with Crippen LogP contribution in [0.4, 0.5) is 0 Å². The molecule has 84 valence electrons. The minimum absolute atomic E-state index is 0.207. The largest absolute Gasteiger partial charge is 0.480 e. The summed E-state index contributed by atoms with van der Waals surface area (Å²) < 4.78 is 0. The van der Waals surface area contributed by atoms with Crippen LogP contribution in [0.15, 0.2) is 12.2 Å². The zero-order chi connectivity index (χ0) is 11.3. The van der Waals surface area contributed by atoms with Crippen molar-refractivity contribution in [1.29, 1.82) is 0 Å². The molecule has 5 nitrogen and oxygen atoms in total. The van der Waals surface area contributed by atoms with E-state index in [1.165, 1.54) is 0 Å². The van der Waals surface area contributed by atoms with Crippen LogP contribution >= 0.6 is 0 Å². The van der Waals surface area contributed by atoms with E-state index in [0.29, 0.717) is 6.42 Å². The Bertz CT molecular complexity index is 275. The van der Waals surface area contributed by atoms with Crippen LogP contribution in [0.1, 0.15) is 19.3 Å². The number of amides is 1. The molecule has 2 atom stereocenters. The first-order valence-corrected chi connectivity index (χ1v) is 4.93. The van der Waals surface area contributed by atoms with E-state index in [9.17, 15) is 9.59 Å². The number of hydrogen-bond donors (Lipinski definition) is 3. The minimum Gasteiger partial charge on any atom is -0.480 e. The zero-order valence-corrected chi connectivity index (χ0v) is 8.35. The van der Waals surface area contributed by atoms with Crippen LogP contribution in [0.3, 0.4) is 0 Å². The van der Waals surface area contributed by atoms with Crippen molar-refractivity contribution in [3.8, 4) is 0 Å². The molecule has 15 heavy (non-hydrogen) atoms. The highest BCUT2D eigenvalue weighted by molar-refractivity contribution is 5.83. The average molecular weight is 213 g/mol. The van der Waals surface area contributed by atoms with E-state index in [1.807, 2.05) is 12.2 Å². The average Bonchev–Trinajstić information content (AvgIpc) is 2.66.